The van der Waals surface area contributed by atoms with Crippen LogP contribution in [0.25, 0.3) is 10.9 Å². The minimum absolute atomic E-state index is 0.0382. The second-order valence-electron chi connectivity index (χ2n) is 14.8. The van der Waals surface area contributed by atoms with Gasteiger partial charge in [0.15, 0.2) is 6.23 Å². The summed E-state index contributed by atoms with van der Waals surface area (Å²) in [7, 11) is 4.03. The maximum absolute atomic E-state index is 13.1. The van der Waals surface area contributed by atoms with E-state index in [1.165, 1.54) is 5.56 Å². The van der Waals surface area contributed by atoms with E-state index >= 15 is 0 Å². The molecular weight excluding hydrogens is 622 g/mol. The third-order valence-corrected chi connectivity index (χ3v) is 9.39. The molecule has 49 heavy (non-hydrogen) atoms. The number of hydrogen-bond donors (Lipinski definition) is 0. The van der Waals surface area contributed by atoms with Crippen LogP contribution in [-0.2, 0) is 22.4 Å². The van der Waals surface area contributed by atoms with Crippen LogP contribution in [0.2, 0.25) is 0 Å². The predicted molar refractivity (Wildman–Crippen MR) is 188 cm³/mol. The van der Waals surface area contributed by atoms with Gasteiger partial charge in [-0.05, 0) is 86.0 Å². The van der Waals surface area contributed by atoms with Crippen molar-refractivity contribution < 1.29 is 19.0 Å². The van der Waals surface area contributed by atoms with Gasteiger partial charge in [0.05, 0.1) is 48.2 Å². The largest absolute Gasteiger partial charge is 0.459 e. The van der Waals surface area contributed by atoms with Gasteiger partial charge in [0.25, 0.3) is 0 Å². The second kappa shape index (κ2) is 14.4. The van der Waals surface area contributed by atoms with Gasteiger partial charge >= 0.3 is 12.1 Å². The molecule has 13 nitrogen and oxygen atoms in total. The molecule has 3 aliphatic heterocycles. The smallest absolute Gasteiger partial charge is 0.410 e. The van der Waals surface area contributed by atoms with Crippen LogP contribution in [0.5, 0.6) is 6.01 Å². The third kappa shape index (κ3) is 7.70. The van der Waals surface area contributed by atoms with Crippen LogP contribution in [0.3, 0.4) is 0 Å². The Morgan fingerprint density at radius 1 is 1.16 bits per heavy atom. The first-order chi connectivity index (χ1) is 23.4. The zero-order chi connectivity index (χ0) is 34.9. The van der Waals surface area contributed by atoms with E-state index in [-0.39, 0.29) is 24.8 Å². The normalized spacial score (nSPS) is 20.7. The fraction of sp³-hybridized carbons (Fsp3) is 0.639. The van der Waals surface area contributed by atoms with Gasteiger partial charge in [-0.1, -0.05) is 6.07 Å². The van der Waals surface area contributed by atoms with Gasteiger partial charge in [0.2, 0.25) is 0 Å². The highest BCUT2D eigenvalue weighted by molar-refractivity contribution is 5.94. The van der Waals surface area contributed by atoms with E-state index in [1.807, 2.05) is 52.7 Å². The van der Waals surface area contributed by atoms with Gasteiger partial charge in [-0.3, -0.25) is 0 Å². The van der Waals surface area contributed by atoms with Crippen LogP contribution in [0.15, 0.2) is 18.3 Å². The molecule has 13 heteroatoms. The quantitative estimate of drug-likeness (QED) is 0.319. The first-order valence-electron chi connectivity index (χ1n) is 17.6. The molecule has 2 fully saturated rings. The maximum Gasteiger partial charge on any atom is 0.410 e. The number of piperazine rings is 1. The summed E-state index contributed by atoms with van der Waals surface area (Å²) in [6, 6.07) is 6.62. The van der Waals surface area contributed by atoms with Crippen molar-refractivity contribution in [1.29, 1.82) is 5.26 Å². The van der Waals surface area contributed by atoms with Crippen molar-refractivity contribution in [2.24, 2.45) is 0 Å². The molecule has 2 saturated heterocycles. The molecule has 264 valence electrons. The van der Waals surface area contributed by atoms with Crippen LogP contribution in [0.1, 0.15) is 76.4 Å². The van der Waals surface area contributed by atoms with Crippen molar-refractivity contribution in [3.8, 4) is 12.1 Å². The minimum Gasteiger partial charge on any atom is -0.459 e. The van der Waals surface area contributed by atoms with E-state index in [9.17, 15) is 10.1 Å². The van der Waals surface area contributed by atoms with Crippen LogP contribution >= 0.6 is 0 Å². The lowest BCUT2D eigenvalue weighted by Gasteiger charge is -2.42. The predicted octanol–water partition coefficient (Wildman–Crippen LogP) is 5.06. The Morgan fingerprint density at radius 3 is 2.69 bits per heavy atom. The monoisotopic (exact) mass is 673 g/mol. The number of ether oxygens (including phenoxy) is 3. The van der Waals surface area contributed by atoms with Crippen molar-refractivity contribution in [3.63, 3.8) is 0 Å². The first kappa shape index (κ1) is 34.7. The van der Waals surface area contributed by atoms with Gasteiger partial charge in [-0.2, -0.15) is 20.3 Å². The Bertz CT molecular complexity index is 1690. The van der Waals surface area contributed by atoms with Gasteiger partial charge in [-0.25, -0.2) is 9.48 Å². The lowest BCUT2D eigenvalue weighted by molar-refractivity contribution is -0.0366. The number of amides is 1. The summed E-state index contributed by atoms with van der Waals surface area (Å²) in [5.74, 6) is 0.820. The van der Waals surface area contributed by atoms with Gasteiger partial charge in [0, 0.05) is 50.3 Å². The molecule has 0 spiro atoms. The topological polar surface area (TPSA) is 125 Å². The van der Waals surface area contributed by atoms with E-state index in [0.29, 0.717) is 32.2 Å². The number of anilines is 2. The molecule has 0 aliphatic carbocycles. The van der Waals surface area contributed by atoms with Crippen LogP contribution in [0, 0.1) is 18.3 Å². The van der Waals surface area contributed by atoms with Crippen LogP contribution < -0.4 is 14.5 Å². The van der Waals surface area contributed by atoms with E-state index in [4.69, 9.17) is 29.3 Å². The highest BCUT2D eigenvalue weighted by Gasteiger charge is 2.36. The average Bonchev–Trinajstić information content (AvgIpc) is 3.47. The Labute approximate surface area is 289 Å². The molecule has 6 rings (SSSR count). The second-order valence-corrected chi connectivity index (χ2v) is 14.8. The third-order valence-electron chi connectivity index (χ3n) is 9.39. The van der Waals surface area contributed by atoms with Gasteiger partial charge in [0.1, 0.15) is 17.5 Å². The number of carbonyl (C=O) groups is 1. The van der Waals surface area contributed by atoms with Crippen LogP contribution in [0.4, 0.5) is 16.3 Å². The fourth-order valence-corrected chi connectivity index (χ4v) is 7.30. The average molecular weight is 674 g/mol. The molecule has 1 aromatic carbocycles. The van der Waals surface area contributed by atoms with E-state index in [1.54, 1.807) is 4.90 Å². The molecule has 0 N–H and O–H groups in total. The summed E-state index contributed by atoms with van der Waals surface area (Å²) in [5, 5.41) is 15.6. The zero-order valence-corrected chi connectivity index (χ0v) is 30.1. The number of hydrogen-bond acceptors (Lipinski definition) is 11. The summed E-state index contributed by atoms with van der Waals surface area (Å²) in [4.78, 5) is 31.5. The number of carbonyl (C=O) groups excluding carboxylic acids is 1. The summed E-state index contributed by atoms with van der Waals surface area (Å²) in [5.41, 5.74) is 4.81. The molecule has 0 bridgehead atoms. The molecule has 3 unspecified atom stereocenters. The van der Waals surface area contributed by atoms with E-state index in [2.05, 4.69) is 39.8 Å². The molecule has 0 radical (unpaired) electrons. The number of aromatic nitrogens is 4. The minimum atomic E-state index is -0.622. The number of nitriles is 1. The fourth-order valence-electron chi connectivity index (χ4n) is 7.30. The van der Waals surface area contributed by atoms with E-state index in [0.717, 1.165) is 79.0 Å². The number of benzene rings is 1. The van der Waals surface area contributed by atoms with Crippen molar-refractivity contribution in [3.05, 3.63) is 35.2 Å². The highest BCUT2D eigenvalue weighted by atomic mass is 16.6. The highest BCUT2D eigenvalue weighted by Crippen LogP contribution is 2.38. The van der Waals surface area contributed by atoms with Crippen molar-refractivity contribution in [2.45, 2.75) is 97.2 Å². The van der Waals surface area contributed by atoms with Gasteiger partial charge < -0.3 is 33.8 Å². The number of nitrogens with zero attached hydrogens (tertiary/aromatic N) is 9. The molecule has 0 saturated carbocycles. The molecule has 2 aromatic heterocycles. The number of rotatable bonds is 8. The Morgan fingerprint density at radius 2 is 1.98 bits per heavy atom. The number of fused-ring (bicyclic) bond motifs is 2. The Hall–Kier alpha value is -4.15. The first-order valence-corrected chi connectivity index (χ1v) is 17.6. The molecule has 3 atom stereocenters. The molecule has 3 aliphatic rings. The summed E-state index contributed by atoms with van der Waals surface area (Å²) < 4.78 is 20.2. The molecule has 3 aromatic rings. The summed E-state index contributed by atoms with van der Waals surface area (Å²) >= 11 is 0. The Balaban J connectivity index is 1.33. The molecule has 1 amide bonds. The standard InChI is InChI=1S/C36H51N9O4/c1-24-11-12-30-28(20-38-45(30)31-10-8-9-19-47-31)32(24)42-16-14-27-29(23-42)39-34(48-25(2)21-41(6)7)40-33(27)43-17-18-44(26(22-43)13-15-37)35(46)49-36(3,4)5/h11-12,20,25-26,31H,8-10,13-14,16-19,21-23H2,1-7H3. The van der Waals surface area contributed by atoms with Gasteiger partial charge in [-0.15, -0.1) is 0 Å². The zero-order valence-electron chi connectivity index (χ0n) is 30.1. The van der Waals surface area contributed by atoms with Crippen molar-refractivity contribution >= 4 is 28.5 Å². The lowest BCUT2D eigenvalue weighted by Crippen LogP contribution is -2.56. The van der Waals surface area contributed by atoms with Crippen LogP contribution in [-0.4, -0.2) is 107 Å². The summed E-state index contributed by atoms with van der Waals surface area (Å²) in [6.07, 6.45) is 5.56. The SMILES string of the molecule is Cc1ccc2c(cnn2C2CCCCO2)c1N1CCc2c(nc(OC(C)CN(C)C)nc2N2CCN(C(=O)OC(C)(C)C)C(CC#N)C2)C1. The Kier molecular flexibility index (Phi) is 10.2. The summed E-state index contributed by atoms with van der Waals surface area (Å²) in [6.45, 7) is 14.1. The molecule has 5 heterocycles. The maximum atomic E-state index is 13.1. The number of aryl methyl sites for hydroxylation is 1. The number of likely N-dealkylation sites (N-methyl/N-ethyl adjacent to an activating group) is 1. The lowest BCUT2D eigenvalue weighted by atomic mass is 10.0. The van der Waals surface area contributed by atoms with E-state index < -0.39 is 11.7 Å². The van der Waals surface area contributed by atoms with Crippen molar-refractivity contribution in [1.82, 2.24) is 29.5 Å². The van der Waals surface area contributed by atoms with Crippen molar-refractivity contribution in [2.75, 3.05) is 63.2 Å². The molecular formula is C36H51N9O4.